The summed E-state index contributed by atoms with van der Waals surface area (Å²) in [4.78, 5) is 4.12. The van der Waals surface area contributed by atoms with E-state index >= 15 is 0 Å². The SMILES string of the molecule is COCCCc1cc(OB(O)O)ccn1. The summed E-state index contributed by atoms with van der Waals surface area (Å²) >= 11 is 0. The second kappa shape index (κ2) is 6.39. The van der Waals surface area contributed by atoms with Gasteiger partial charge in [-0.15, -0.1) is 0 Å². The molecule has 1 aromatic rings. The second-order valence-electron chi connectivity index (χ2n) is 3.02. The lowest BCUT2D eigenvalue weighted by Crippen LogP contribution is -2.20. The van der Waals surface area contributed by atoms with Crippen LogP contribution in [0.25, 0.3) is 0 Å². The summed E-state index contributed by atoms with van der Waals surface area (Å²) < 4.78 is 9.62. The summed E-state index contributed by atoms with van der Waals surface area (Å²) in [5.41, 5.74) is 0.838. The number of hydrogen-bond donors (Lipinski definition) is 2. The van der Waals surface area contributed by atoms with Crippen LogP contribution in [0.15, 0.2) is 18.3 Å². The zero-order valence-corrected chi connectivity index (χ0v) is 8.59. The minimum absolute atomic E-state index is 0.396. The van der Waals surface area contributed by atoms with Gasteiger partial charge in [-0.2, -0.15) is 0 Å². The maximum Gasteiger partial charge on any atom is 0.707 e. The Labute approximate surface area is 88.9 Å². The number of ether oxygens (including phenoxy) is 1. The zero-order chi connectivity index (χ0) is 11.1. The first-order chi connectivity index (χ1) is 7.22. The van der Waals surface area contributed by atoms with Crippen molar-refractivity contribution in [2.45, 2.75) is 12.8 Å². The molecule has 6 heteroatoms. The number of methoxy groups -OCH3 is 1. The molecule has 0 aliphatic heterocycles. The van der Waals surface area contributed by atoms with Crippen molar-refractivity contribution in [3.63, 3.8) is 0 Å². The zero-order valence-electron chi connectivity index (χ0n) is 8.59. The van der Waals surface area contributed by atoms with Crippen LogP contribution in [0.3, 0.4) is 0 Å². The summed E-state index contributed by atoms with van der Waals surface area (Å²) in [6, 6.07) is 3.24. The van der Waals surface area contributed by atoms with Crippen LogP contribution in [0.4, 0.5) is 0 Å². The first-order valence-corrected chi connectivity index (χ1v) is 4.69. The van der Waals surface area contributed by atoms with E-state index in [1.165, 1.54) is 0 Å². The molecular weight excluding hydrogens is 197 g/mol. The third-order valence-corrected chi connectivity index (χ3v) is 1.81. The fourth-order valence-corrected chi connectivity index (χ4v) is 1.19. The van der Waals surface area contributed by atoms with Crippen molar-refractivity contribution in [2.24, 2.45) is 0 Å². The highest BCUT2D eigenvalue weighted by Crippen LogP contribution is 2.12. The molecule has 0 saturated heterocycles. The fraction of sp³-hybridized carbons (Fsp3) is 0.444. The van der Waals surface area contributed by atoms with E-state index in [2.05, 4.69) is 4.98 Å². The Balaban J connectivity index is 2.50. The topological polar surface area (TPSA) is 71.8 Å². The molecule has 2 N–H and O–H groups in total. The number of hydrogen-bond acceptors (Lipinski definition) is 5. The Bertz CT molecular complexity index is 295. The van der Waals surface area contributed by atoms with Gasteiger partial charge in [0, 0.05) is 25.6 Å². The molecule has 5 nitrogen and oxygen atoms in total. The second-order valence-corrected chi connectivity index (χ2v) is 3.02. The van der Waals surface area contributed by atoms with E-state index in [0.717, 1.165) is 18.5 Å². The van der Waals surface area contributed by atoms with E-state index in [4.69, 9.17) is 19.4 Å². The van der Waals surface area contributed by atoms with E-state index in [1.54, 1.807) is 25.4 Å². The number of pyridine rings is 1. The van der Waals surface area contributed by atoms with Crippen LogP contribution >= 0.6 is 0 Å². The van der Waals surface area contributed by atoms with Crippen LogP contribution in [-0.2, 0) is 11.2 Å². The minimum Gasteiger partial charge on any atom is -0.512 e. The Morgan fingerprint density at radius 3 is 2.93 bits per heavy atom. The lowest BCUT2D eigenvalue weighted by molar-refractivity contribution is 0.195. The standard InChI is InChI=1S/C9H14BNO4/c1-14-6-2-3-8-7-9(4-5-11-8)15-10(12)13/h4-5,7,12-13H,2-3,6H2,1H3. The van der Waals surface area contributed by atoms with Gasteiger partial charge in [0.05, 0.1) is 0 Å². The van der Waals surface area contributed by atoms with Gasteiger partial charge < -0.3 is 19.4 Å². The van der Waals surface area contributed by atoms with Crippen LogP contribution in [0.2, 0.25) is 0 Å². The van der Waals surface area contributed by atoms with Gasteiger partial charge in [-0.1, -0.05) is 0 Å². The Kier molecular flexibility index (Phi) is 5.10. The Morgan fingerprint density at radius 2 is 2.27 bits per heavy atom. The third-order valence-electron chi connectivity index (χ3n) is 1.81. The molecule has 0 saturated carbocycles. The molecule has 0 unspecified atom stereocenters. The normalized spacial score (nSPS) is 10.1. The molecule has 0 aromatic carbocycles. The Hall–Kier alpha value is -1.11. The first-order valence-electron chi connectivity index (χ1n) is 4.69. The van der Waals surface area contributed by atoms with Crippen LogP contribution in [-0.4, -0.2) is 36.1 Å². The number of rotatable bonds is 6. The highest BCUT2D eigenvalue weighted by Gasteiger charge is 2.11. The van der Waals surface area contributed by atoms with Crippen molar-refractivity contribution < 1.29 is 19.4 Å². The molecular formula is C9H14BNO4. The van der Waals surface area contributed by atoms with Gasteiger partial charge in [0.1, 0.15) is 5.75 Å². The molecule has 0 atom stereocenters. The number of aromatic nitrogens is 1. The van der Waals surface area contributed by atoms with E-state index in [-0.39, 0.29) is 0 Å². The maximum absolute atomic E-state index is 8.60. The van der Waals surface area contributed by atoms with Crippen molar-refractivity contribution in [3.05, 3.63) is 24.0 Å². The molecule has 0 amide bonds. The van der Waals surface area contributed by atoms with Gasteiger partial charge in [-0.3, -0.25) is 4.98 Å². The Morgan fingerprint density at radius 1 is 1.47 bits per heavy atom. The van der Waals surface area contributed by atoms with E-state index in [1.807, 2.05) is 0 Å². The monoisotopic (exact) mass is 211 g/mol. The van der Waals surface area contributed by atoms with Gasteiger partial charge in [0.2, 0.25) is 0 Å². The fourth-order valence-electron chi connectivity index (χ4n) is 1.19. The van der Waals surface area contributed by atoms with Crippen LogP contribution in [0.5, 0.6) is 5.75 Å². The largest absolute Gasteiger partial charge is 0.707 e. The molecule has 0 aliphatic rings. The summed E-state index contributed by atoms with van der Waals surface area (Å²) in [6.45, 7) is 0.676. The molecule has 0 radical (unpaired) electrons. The molecule has 0 fully saturated rings. The van der Waals surface area contributed by atoms with Gasteiger partial charge in [0.25, 0.3) is 0 Å². The predicted molar refractivity (Wildman–Crippen MR) is 55.3 cm³/mol. The van der Waals surface area contributed by atoms with Crippen LogP contribution in [0, 0.1) is 0 Å². The summed E-state index contributed by atoms with van der Waals surface area (Å²) in [7, 11) is -0.144. The van der Waals surface area contributed by atoms with Crippen molar-refractivity contribution in [3.8, 4) is 5.75 Å². The summed E-state index contributed by atoms with van der Waals surface area (Å²) in [5, 5.41) is 17.2. The highest BCUT2D eigenvalue weighted by molar-refractivity contribution is 6.33. The van der Waals surface area contributed by atoms with Crippen molar-refractivity contribution in [1.82, 2.24) is 4.98 Å². The van der Waals surface area contributed by atoms with Crippen molar-refractivity contribution >= 4 is 7.32 Å². The molecule has 1 rings (SSSR count). The summed E-state index contributed by atoms with van der Waals surface area (Å²) in [6.07, 6.45) is 3.21. The van der Waals surface area contributed by atoms with E-state index < -0.39 is 7.32 Å². The molecule has 0 aliphatic carbocycles. The van der Waals surface area contributed by atoms with E-state index in [9.17, 15) is 0 Å². The summed E-state index contributed by atoms with van der Waals surface area (Å²) in [5.74, 6) is 0.396. The molecule has 0 bridgehead atoms. The third kappa shape index (κ3) is 4.78. The number of aryl methyl sites for hydroxylation is 1. The van der Waals surface area contributed by atoms with Crippen molar-refractivity contribution in [2.75, 3.05) is 13.7 Å². The highest BCUT2D eigenvalue weighted by atomic mass is 16.6. The molecule has 82 valence electrons. The van der Waals surface area contributed by atoms with Crippen LogP contribution in [0.1, 0.15) is 12.1 Å². The van der Waals surface area contributed by atoms with Gasteiger partial charge in [-0.05, 0) is 25.0 Å². The number of nitrogens with zero attached hydrogens (tertiary/aromatic N) is 1. The molecule has 0 spiro atoms. The lowest BCUT2D eigenvalue weighted by atomic mass is 10.2. The average molecular weight is 211 g/mol. The first kappa shape index (κ1) is 12.0. The van der Waals surface area contributed by atoms with Crippen molar-refractivity contribution in [1.29, 1.82) is 0 Å². The van der Waals surface area contributed by atoms with Crippen LogP contribution < -0.4 is 4.65 Å². The molecule has 1 heterocycles. The predicted octanol–water partition coefficient (Wildman–Crippen LogP) is 0.00890. The lowest BCUT2D eigenvalue weighted by Gasteiger charge is -2.06. The molecule has 15 heavy (non-hydrogen) atoms. The minimum atomic E-state index is -1.79. The average Bonchev–Trinajstić information content (AvgIpc) is 2.18. The van der Waals surface area contributed by atoms with E-state index in [0.29, 0.717) is 12.4 Å². The van der Waals surface area contributed by atoms with Gasteiger partial charge in [0.15, 0.2) is 0 Å². The quantitative estimate of drug-likeness (QED) is 0.512. The maximum atomic E-state index is 8.60. The molecule has 1 aromatic heterocycles. The van der Waals surface area contributed by atoms with Gasteiger partial charge in [-0.25, -0.2) is 0 Å². The van der Waals surface area contributed by atoms with Gasteiger partial charge >= 0.3 is 7.32 Å². The smallest absolute Gasteiger partial charge is 0.512 e.